The Morgan fingerprint density at radius 1 is 0.493 bits per heavy atom. The Bertz CT molecular complexity index is 1440. The second kappa shape index (κ2) is 53.3. The largest absolute Gasteiger partial charge is 0.472 e. The first-order valence-electron chi connectivity index (χ1n) is 30.4. The summed E-state index contributed by atoms with van der Waals surface area (Å²) in [5.41, 5.74) is 0. The van der Waals surface area contributed by atoms with Crippen LogP contribution in [0.3, 0.4) is 0 Å². The molecule has 426 valence electrons. The van der Waals surface area contributed by atoms with Crippen molar-refractivity contribution in [3.8, 4) is 0 Å². The van der Waals surface area contributed by atoms with Crippen LogP contribution in [-0.2, 0) is 18.4 Å². The molecule has 0 heterocycles. The summed E-state index contributed by atoms with van der Waals surface area (Å²) in [6.45, 7) is 4.44. The highest BCUT2D eigenvalue weighted by Gasteiger charge is 2.31. The Hall–Kier alpha value is -2.10. The zero-order valence-corrected chi connectivity index (χ0v) is 49.1. The Labute approximate surface area is 451 Å². The molecule has 0 saturated carbocycles. The molecule has 0 aliphatic rings. The number of nitrogens with one attached hydrogen (secondary N) is 1. The van der Waals surface area contributed by atoms with Crippen LogP contribution in [0.5, 0.6) is 0 Å². The maximum atomic E-state index is 13.0. The second-order valence-corrected chi connectivity index (χ2v) is 23.3. The lowest BCUT2D eigenvalue weighted by molar-refractivity contribution is -0.870. The molecule has 4 unspecified atom stereocenters. The summed E-state index contributed by atoms with van der Waals surface area (Å²) in [6, 6.07) is -1.06. The van der Waals surface area contributed by atoms with Gasteiger partial charge in [0.2, 0.25) is 5.91 Å². The number of phosphoric acid groups is 1. The number of hydrogen-bond acceptors (Lipinski definition) is 6. The van der Waals surface area contributed by atoms with Gasteiger partial charge < -0.3 is 24.9 Å². The molecular formula is C63H118N2O7P+. The van der Waals surface area contributed by atoms with Gasteiger partial charge in [0, 0.05) is 6.42 Å². The first-order chi connectivity index (χ1) is 35.4. The molecule has 0 aromatic rings. The van der Waals surface area contributed by atoms with Crippen molar-refractivity contribution >= 4 is 13.7 Å². The van der Waals surface area contributed by atoms with Crippen LogP contribution in [0.4, 0.5) is 0 Å². The fraction of sp³-hybridized carbons (Fsp3) is 0.794. The van der Waals surface area contributed by atoms with Gasteiger partial charge >= 0.3 is 7.82 Å². The van der Waals surface area contributed by atoms with Crippen molar-refractivity contribution in [3.05, 3.63) is 72.9 Å². The van der Waals surface area contributed by atoms with Crippen LogP contribution in [0.2, 0.25) is 0 Å². The summed E-state index contributed by atoms with van der Waals surface area (Å²) in [4.78, 5) is 23.3. The van der Waals surface area contributed by atoms with Crippen LogP contribution >= 0.6 is 7.82 Å². The molecule has 0 bridgehead atoms. The van der Waals surface area contributed by atoms with E-state index in [9.17, 15) is 24.5 Å². The average Bonchev–Trinajstić information content (AvgIpc) is 3.35. The molecule has 0 aromatic heterocycles. The molecule has 1 amide bonds. The summed E-state index contributed by atoms with van der Waals surface area (Å²) < 4.78 is 23.6. The van der Waals surface area contributed by atoms with Gasteiger partial charge in [-0.15, -0.1) is 0 Å². The Morgan fingerprint density at radius 3 is 1.30 bits per heavy atom. The molecule has 0 fully saturated rings. The van der Waals surface area contributed by atoms with Gasteiger partial charge in [-0.2, -0.15) is 0 Å². The minimum Gasteiger partial charge on any atom is -0.390 e. The molecule has 9 nitrogen and oxygen atoms in total. The van der Waals surface area contributed by atoms with Gasteiger partial charge in [-0.1, -0.05) is 241 Å². The first-order valence-corrected chi connectivity index (χ1v) is 31.9. The number of unbranched alkanes of at least 4 members (excludes halogenated alkanes) is 29. The lowest BCUT2D eigenvalue weighted by atomic mass is 10.0. The third-order valence-corrected chi connectivity index (χ3v) is 14.5. The van der Waals surface area contributed by atoms with Crippen LogP contribution < -0.4 is 5.32 Å². The predicted molar refractivity (Wildman–Crippen MR) is 315 cm³/mol. The van der Waals surface area contributed by atoms with Gasteiger partial charge in [0.15, 0.2) is 0 Å². The van der Waals surface area contributed by atoms with E-state index < -0.39 is 32.7 Å². The van der Waals surface area contributed by atoms with Crippen molar-refractivity contribution in [1.82, 2.24) is 5.32 Å². The van der Waals surface area contributed by atoms with Gasteiger partial charge in [0.1, 0.15) is 19.3 Å². The number of carbonyl (C=O) groups is 1. The maximum Gasteiger partial charge on any atom is 0.472 e. The van der Waals surface area contributed by atoms with E-state index >= 15 is 0 Å². The Balaban J connectivity index is 4.00. The van der Waals surface area contributed by atoms with Gasteiger partial charge in [0.25, 0.3) is 0 Å². The van der Waals surface area contributed by atoms with E-state index in [2.05, 4.69) is 92.1 Å². The highest BCUT2D eigenvalue weighted by Crippen LogP contribution is 2.43. The Kier molecular flexibility index (Phi) is 51.8. The van der Waals surface area contributed by atoms with E-state index in [1.54, 1.807) is 0 Å². The normalized spacial score (nSPS) is 14.8. The number of hydrogen-bond donors (Lipinski definition) is 4. The molecule has 4 atom stereocenters. The number of aliphatic hydroxyl groups excluding tert-OH is 2. The summed E-state index contributed by atoms with van der Waals surface area (Å²) >= 11 is 0. The number of allylic oxidation sites excluding steroid dienone is 12. The molecular weight excluding hydrogens is 928 g/mol. The average molecular weight is 1050 g/mol. The number of amides is 1. The van der Waals surface area contributed by atoms with Crippen LogP contribution in [0, 0.1) is 0 Å². The fourth-order valence-electron chi connectivity index (χ4n) is 8.74. The summed E-state index contributed by atoms with van der Waals surface area (Å²) in [6.07, 6.45) is 70.3. The van der Waals surface area contributed by atoms with Crippen LogP contribution in [0.25, 0.3) is 0 Å². The van der Waals surface area contributed by atoms with Crippen molar-refractivity contribution in [2.24, 2.45) is 0 Å². The number of rotatable bonds is 55. The smallest absolute Gasteiger partial charge is 0.390 e. The van der Waals surface area contributed by atoms with E-state index in [4.69, 9.17) is 9.05 Å². The molecule has 0 saturated heterocycles. The van der Waals surface area contributed by atoms with Gasteiger partial charge in [-0.05, 0) is 89.9 Å². The lowest BCUT2D eigenvalue weighted by Gasteiger charge is -2.28. The molecule has 0 aromatic carbocycles. The maximum absolute atomic E-state index is 13.0. The SMILES string of the molecule is CC/C=C\C/C=C\C/C=C\C/C=C\CCCCCCCCCCCCCCCCCCCCCCCCCCC(=O)NC(COP(=O)(O)OCC[N+](C)(C)C)C(O)C(O)CCC/C=C/CC/C=C/CCCCC. The van der Waals surface area contributed by atoms with E-state index in [0.29, 0.717) is 23.9 Å². The molecule has 73 heavy (non-hydrogen) atoms. The zero-order valence-electron chi connectivity index (χ0n) is 48.2. The van der Waals surface area contributed by atoms with Crippen LogP contribution in [0.15, 0.2) is 72.9 Å². The lowest BCUT2D eigenvalue weighted by Crippen LogP contribution is -2.51. The number of likely N-dealkylation sites (N-methyl/N-ethyl adjacent to an activating group) is 1. The molecule has 0 spiro atoms. The van der Waals surface area contributed by atoms with E-state index in [0.717, 1.165) is 70.6 Å². The number of quaternary nitrogens is 1. The van der Waals surface area contributed by atoms with Crippen molar-refractivity contribution in [3.63, 3.8) is 0 Å². The fourth-order valence-corrected chi connectivity index (χ4v) is 9.48. The van der Waals surface area contributed by atoms with Gasteiger partial charge in [-0.25, -0.2) is 4.57 Å². The summed E-state index contributed by atoms with van der Waals surface area (Å²) in [5.74, 6) is -0.270. The van der Waals surface area contributed by atoms with Gasteiger partial charge in [-0.3, -0.25) is 13.8 Å². The predicted octanol–water partition coefficient (Wildman–Crippen LogP) is 17.6. The molecule has 4 N–H and O–H groups in total. The van der Waals surface area contributed by atoms with Crippen molar-refractivity contribution in [2.45, 2.75) is 283 Å². The topological polar surface area (TPSA) is 125 Å². The zero-order chi connectivity index (χ0) is 53.6. The number of phosphoric ester groups is 1. The quantitative estimate of drug-likeness (QED) is 0.0207. The third-order valence-electron chi connectivity index (χ3n) is 13.5. The third kappa shape index (κ3) is 54.5. The Morgan fingerprint density at radius 2 is 0.863 bits per heavy atom. The first kappa shape index (κ1) is 70.9. The molecule has 0 radical (unpaired) electrons. The second-order valence-electron chi connectivity index (χ2n) is 21.8. The van der Waals surface area contributed by atoms with Crippen molar-refractivity contribution in [2.75, 3.05) is 40.9 Å². The molecule has 0 aliphatic heterocycles. The number of aliphatic hydroxyl groups is 2. The minimum absolute atomic E-state index is 0.0133. The number of nitrogens with zero attached hydrogens (tertiary/aromatic N) is 1. The van der Waals surface area contributed by atoms with E-state index in [1.807, 2.05) is 21.1 Å². The standard InChI is InChI=1S/C63H117N2O7P/c1-6-8-10-12-14-16-18-20-21-22-23-24-25-26-27-28-29-30-31-32-33-34-35-36-37-38-39-40-41-42-43-44-46-48-50-52-54-56-62(67)64-60(59-72-73(69,70)71-58-57-65(3,4)5)63(68)61(66)55-53-51-49-47-45-19-17-15-13-11-9-7-2/h8,10,14-17,20-21,23-24,47,49,60-61,63,66,68H,6-7,9,11-13,18-19,22,25-46,48,50-59H2,1-5H3,(H-,64,67,69,70)/p+1/b10-8-,16-14-,17-15+,21-20-,24-23-,49-47+. The van der Waals surface area contributed by atoms with E-state index in [-0.39, 0.29) is 18.9 Å². The summed E-state index contributed by atoms with van der Waals surface area (Å²) in [5, 5.41) is 24.8. The molecule has 0 rings (SSSR count). The molecule has 10 heteroatoms. The van der Waals surface area contributed by atoms with E-state index in [1.165, 1.54) is 161 Å². The van der Waals surface area contributed by atoms with Gasteiger partial charge in [0.05, 0.1) is 39.9 Å². The highest BCUT2D eigenvalue weighted by atomic mass is 31.2. The van der Waals surface area contributed by atoms with Crippen LogP contribution in [-0.4, -0.2) is 84.6 Å². The molecule has 0 aliphatic carbocycles. The van der Waals surface area contributed by atoms with Crippen molar-refractivity contribution in [1.29, 1.82) is 0 Å². The van der Waals surface area contributed by atoms with Crippen LogP contribution in [0.1, 0.15) is 264 Å². The summed E-state index contributed by atoms with van der Waals surface area (Å²) in [7, 11) is 1.41. The van der Waals surface area contributed by atoms with Crippen molar-refractivity contribution < 1.29 is 38.0 Å². The minimum atomic E-state index is -4.43. The monoisotopic (exact) mass is 1050 g/mol. The number of carbonyl (C=O) groups excluding carboxylic acids is 1. The highest BCUT2D eigenvalue weighted by molar-refractivity contribution is 7.47.